The first-order valence-corrected chi connectivity index (χ1v) is 9.10. The number of ether oxygens (including phenoxy) is 2. The van der Waals surface area contributed by atoms with Crippen molar-refractivity contribution in [2.75, 3.05) is 19.0 Å². The average Bonchev–Trinajstić information content (AvgIpc) is 3.23. The van der Waals surface area contributed by atoms with Crippen molar-refractivity contribution in [3.8, 4) is 5.75 Å². The number of rotatable bonds is 5. The van der Waals surface area contributed by atoms with Crippen molar-refractivity contribution in [2.24, 2.45) is 11.3 Å². The third kappa shape index (κ3) is 2.79. The SMILES string of the molecule is COc1ccc(Br)c(CC2(CBr)CCOC2C2CC2)c1. The summed E-state index contributed by atoms with van der Waals surface area (Å²) >= 11 is 7.44. The zero-order valence-electron chi connectivity index (χ0n) is 11.7. The van der Waals surface area contributed by atoms with E-state index >= 15 is 0 Å². The molecule has 2 atom stereocenters. The zero-order chi connectivity index (χ0) is 14.2. The average molecular weight is 404 g/mol. The van der Waals surface area contributed by atoms with E-state index in [1.807, 2.05) is 6.07 Å². The topological polar surface area (TPSA) is 18.5 Å². The molecule has 2 nitrogen and oxygen atoms in total. The van der Waals surface area contributed by atoms with E-state index in [-0.39, 0.29) is 5.41 Å². The maximum Gasteiger partial charge on any atom is 0.119 e. The molecule has 1 aliphatic carbocycles. The third-order valence-electron chi connectivity index (χ3n) is 4.61. The molecule has 0 radical (unpaired) electrons. The van der Waals surface area contributed by atoms with E-state index in [1.165, 1.54) is 22.9 Å². The highest BCUT2D eigenvalue weighted by molar-refractivity contribution is 9.10. The number of methoxy groups -OCH3 is 1. The lowest BCUT2D eigenvalue weighted by Gasteiger charge is -2.33. The standard InChI is InChI=1S/C16H20Br2O2/c1-19-13-4-5-14(18)12(8-13)9-16(10-17)6-7-20-15(16)11-2-3-11/h4-5,8,11,15H,2-3,6-7,9-10H2,1H3. The normalized spacial score (nSPS) is 29.6. The smallest absolute Gasteiger partial charge is 0.119 e. The van der Waals surface area contributed by atoms with Gasteiger partial charge < -0.3 is 9.47 Å². The first-order chi connectivity index (χ1) is 9.68. The number of hydrogen-bond donors (Lipinski definition) is 0. The summed E-state index contributed by atoms with van der Waals surface area (Å²) < 4.78 is 12.6. The van der Waals surface area contributed by atoms with Crippen LogP contribution in [0.15, 0.2) is 22.7 Å². The van der Waals surface area contributed by atoms with Gasteiger partial charge in [-0.1, -0.05) is 31.9 Å². The fraction of sp³-hybridized carbons (Fsp3) is 0.625. The van der Waals surface area contributed by atoms with Crippen molar-refractivity contribution in [3.63, 3.8) is 0 Å². The van der Waals surface area contributed by atoms with Crippen LogP contribution < -0.4 is 4.74 Å². The van der Waals surface area contributed by atoms with E-state index < -0.39 is 0 Å². The summed E-state index contributed by atoms with van der Waals surface area (Å²) in [6, 6.07) is 6.23. The minimum absolute atomic E-state index is 0.232. The largest absolute Gasteiger partial charge is 0.497 e. The Bertz CT molecular complexity index is 487. The van der Waals surface area contributed by atoms with Crippen LogP contribution in [0.3, 0.4) is 0 Å². The Morgan fingerprint density at radius 3 is 2.85 bits per heavy atom. The van der Waals surface area contributed by atoms with Crippen LogP contribution in [0.2, 0.25) is 0 Å². The molecule has 1 saturated heterocycles. The molecule has 1 aromatic carbocycles. The van der Waals surface area contributed by atoms with E-state index in [0.717, 1.165) is 36.4 Å². The highest BCUT2D eigenvalue weighted by Crippen LogP contribution is 2.50. The number of alkyl halides is 1. The van der Waals surface area contributed by atoms with Crippen molar-refractivity contribution in [3.05, 3.63) is 28.2 Å². The Labute approximate surface area is 137 Å². The summed E-state index contributed by atoms with van der Waals surface area (Å²) in [6.07, 6.45) is 5.26. The van der Waals surface area contributed by atoms with Gasteiger partial charge in [0.15, 0.2) is 0 Å². The van der Waals surface area contributed by atoms with Gasteiger partial charge in [-0.2, -0.15) is 0 Å². The van der Waals surface area contributed by atoms with Gasteiger partial charge in [0.25, 0.3) is 0 Å². The molecule has 0 amide bonds. The summed E-state index contributed by atoms with van der Waals surface area (Å²) in [6.45, 7) is 0.897. The zero-order valence-corrected chi connectivity index (χ0v) is 14.9. The fourth-order valence-corrected chi connectivity index (χ4v) is 4.50. The molecule has 0 N–H and O–H groups in total. The summed E-state index contributed by atoms with van der Waals surface area (Å²) in [5, 5.41) is 1.00. The first kappa shape index (κ1) is 14.9. The van der Waals surface area contributed by atoms with E-state index in [4.69, 9.17) is 9.47 Å². The molecule has 4 heteroatoms. The van der Waals surface area contributed by atoms with Crippen LogP contribution in [0.1, 0.15) is 24.8 Å². The Hall–Kier alpha value is -0.0600. The van der Waals surface area contributed by atoms with Crippen LogP contribution in [-0.4, -0.2) is 25.2 Å². The minimum atomic E-state index is 0.232. The number of benzene rings is 1. The minimum Gasteiger partial charge on any atom is -0.497 e. The van der Waals surface area contributed by atoms with Crippen LogP contribution in [-0.2, 0) is 11.2 Å². The Morgan fingerprint density at radius 1 is 1.40 bits per heavy atom. The fourth-order valence-electron chi connectivity index (χ4n) is 3.32. The lowest BCUT2D eigenvalue weighted by molar-refractivity contribution is 0.0412. The van der Waals surface area contributed by atoms with Gasteiger partial charge in [0.1, 0.15) is 5.75 Å². The van der Waals surface area contributed by atoms with Crippen LogP contribution in [0.5, 0.6) is 5.75 Å². The molecule has 0 spiro atoms. The molecule has 1 aliphatic heterocycles. The Balaban J connectivity index is 1.87. The molecule has 110 valence electrons. The van der Waals surface area contributed by atoms with Gasteiger partial charge in [0, 0.05) is 21.8 Å². The van der Waals surface area contributed by atoms with Gasteiger partial charge in [0.05, 0.1) is 13.2 Å². The second kappa shape index (κ2) is 5.98. The molecule has 1 heterocycles. The summed E-state index contributed by atoms with van der Waals surface area (Å²) in [5.74, 6) is 1.70. The number of halogens is 2. The van der Waals surface area contributed by atoms with Crippen molar-refractivity contribution < 1.29 is 9.47 Å². The van der Waals surface area contributed by atoms with Gasteiger partial charge in [-0.15, -0.1) is 0 Å². The molecular formula is C16H20Br2O2. The maximum absolute atomic E-state index is 6.08. The summed E-state index contributed by atoms with van der Waals surface area (Å²) in [5.41, 5.74) is 1.55. The summed E-state index contributed by atoms with van der Waals surface area (Å²) in [4.78, 5) is 0. The van der Waals surface area contributed by atoms with Crippen molar-refractivity contribution in [1.29, 1.82) is 0 Å². The first-order valence-electron chi connectivity index (χ1n) is 7.18. The van der Waals surface area contributed by atoms with E-state index in [1.54, 1.807) is 7.11 Å². The van der Waals surface area contributed by atoms with Gasteiger partial charge in [-0.05, 0) is 55.4 Å². The highest BCUT2D eigenvalue weighted by Gasteiger charge is 2.50. The molecule has 2 fully saturated rings. The lowest BCUT2D eigenvalue weighted by atomic mass is 9.76. The van der Waals surface area contributed by atoms with Gasteiger partial charge in [-0.3, -0.25) is 0 Å². The molecule has 0 bridgehead atoms. The van der Waals surface area contributed by atoms with Gasteiger partial charge >= 0.3 is 0 Å². The second-order valence-corrected chi connectivity index (χ2v) is 7.42. The van der Waals surface area contributed by atoms with Gasteiger partial charge in [0.2, 0.25) is 0 Å². The van der Waals surface area contributed by atoms with E-state index in [2.05, 4.69) is 44.0 Å². The molecule has 2 aliphatic rings. The van der Waals surface area contributed by atoms with Crippen LogP contribution >= 0.6 is 31.9 Å². The van der Waals surface area contributed by atoms with Crippen molar-refractivity contribution in [1.82, 2.24) is 0 Å². The molecular weight excluding hydrogens is 384 g/mol. The van der Waals surface area contributed by atoms with Crippen molar-refractivity contribution in [2.45, 2.75) is 31.8 Å². The molecule has 2 unspecified atom stereocenters. The molecule has 0 aromatic heterocycles. The third-order valence-corrected chi connectivity index (χ3v) is 6.50. The van der Waals surface area contributed by atoms with E-state index in [0.29, 0.717) is 6.10 Å². The molecule has 1 aromatic rings. The molecule has 20 heavy (non-hydrogen) atoms. The van der Waals surface area contributed by atoms with E-state index in [9.17, 15) is 0 Å². The van der Waals surface area contributed by atoms with Crippen molar-refractivity contribution >= 4 is 31.9 Å². The van der Waals surface area contributed by atoms with Crippen LogP contribution in [0.4, 0.5) is 0 Å². The second-order valence-electron chi connectivity index (χ2n) is 6.01. The van der Waals surface area contributed by atoms with Gasteiger partial charge in [-0.25, -0.2) is 0 Å². The van der Waals surface area contributed by atoms with Crippen LogP contribution in [0.25, 0.3) is 0 Å². The Morgan fingerprint density at radius 2 is 2.20 bits per heavy atom. The Kier molecular flexibility index (Phi) is 4.44. The summed E-state index contributed by atoms with van der Waals surface area (Å²) in [7, 11) is 1.72. The lowest BCUT2D eigenvalue weighted by Crippen LogP contribution is -2.36. The quantitative estimate of drug-likeness (QED) is 0.670. The highest BCUT2D eigenvalue weighted by atomic mass is 79.9. The predicted octanol–water partition coefficient (Wildman–Crippen LogP) is 4.58. The number of hydrogen-bond acceptors (Lipinski definition) is 2. The predicted molar refractivity (Wildman–Crippen MR) is 87.7 cm³/mol. The molecule has 1 saturated carbocycles. The maximum atomic E-state index is 6.08. The van der Waals surface area contributed by atoms with Crippen LogP contribution in [0, 0.1) is 11.3 Å². The monoisotopic (exact) mass is 402 g/mol. The molecule has 3 rings (SSSR count).